The highest BCUT2D eigenvalue weighted by molar-refractivity contribution is 7.89. The summed E-state index contributed by atoms with van der Waals surface area (Å²) in [7, 11) is -1.91. The lowest BCUT2D eigenvalue weighted by molar-refractivity contribution is 0.187. The molecule has 146 valence electrons. The Morgan fingerprint density at radius 1 is 0.963 bits per heavy atom. The number of aryl methyl sites for hydroxylation is 1. The van der Waals surface area contributed by atoms with Crippen molar-refractivity contribution in [3.8, 4) is 5.75 Å². The van der Waals surface area contributed by atoms with Crippen LogP contribution in [0.5, 0.6) is 5.75 Å². The smallest absolute Gasteiger partial charge is 0.243 e. The van der Waals surface area contributed by atoms with Gasteiger partial charge in [-0.25, -0.2) is 12.8 Å². The second-order valence-electron chi connectivity index (χ2n) is 6.65. The maximum atomic E-state index is 12.9. The third-order valence-corrected chi connectivity index (χ3v) is 6.79. The minimum Gasteiger partial charge on any atom is -0.497 e. The molecule has 7 heteroatoms. The van der Waals surface area contributed by atoms with Crippen LogP contribution in [0.15, 0.2) is 53.4 Å². The van der Waals surface area contributed by atoms with Crippen LogP contribution in [0.2, 0.25) is 0 Å². The van der Waals surface area contributed by atoms with E-state index in [1.165, 1.54) is 12.1 Å². The topological polar surface area (TPSA) is 49.9 Å². The van der Waals surface area contributed by atoms with Crippen LogP contribution in [0, 0.1) is 5.82 Å². The van der Waals surface area contributed by atoms with Crippen LogP contribution in [0.3, 0.4) is 0 Å². The van der Waals surface area contributed by atoms with Crippen molar-refractivity contribution in [1.82, 2.24) is 9.21 Å². The maximum absolute atomic E-state index is 12.9. The van der Waals surface area contributed by atoms with Crippen molar-refractivity contribution in [2.24, 2.45) is 0 Å². The molecule has 0 unspecified atom stereocenters. The van der Waals surface area contributed by atoms with Crippen molar-refractivity contribution in [2.75, 3.05) is 39.8 Å². The summed E-state index contributed by atoms with van der Waals surface area (Å²) in [4.78, 5) is 2.58. The summed E-state index contributed by atoms with van der Waals surface area (Å²) in [6.45, 7) is 3.33. The van der Waals surface area contributed by atoms with Gasteiger partial charge in [-0.15, -0.1) is 0 Å². The number of piperazine rings is 1. The van der Waals surface area contributed by atoms with Gasteiger partial charge in [-0.2, -0.15) is 4.31 Å². The van der Waals surface area contributed by atoms with Gasteiger partial charge in [0.25, 0.3) is 0 Å². The van der Waals surface area contributed by atoms with Crippen LogP contribution < -0.4 is 4.74 Å². The predicted molar refractivity (Wildman–Crippen MR) is 103 cm³/mol. The highest BCUT2D eigenvalue weighted by Gasteiger charge is 2.28. The molecule has 0 saturated carbocycles. The van der Waals surface area contributed by atoms with E-state index in [1.807, 2.05) is 12.1 Å². The Bertz CT molecular complexity index is 831. The Hall–Kier alpha value is -1.96. The zero-order chi connectivity index (χ0) is 19.3. The Kier molecular flexibility index (Phi) is 6.46. The van der Waals surface area contributed by atoms with E-state index in [2.05, 4.69) is 4.90 Å². The lowest BCUT2D eigenvalue weighted by Gasteiger charge is -2.34. The van der Waals surface area contributed by atoms with Crippen molar-refractivity contribution >= 4 is 10.0 Å². The quantitative estimate of drug-likeness (QED) is 0.727. The fourth-order valence-corrected chi connectivity index (χ4v) is 4.67. The molecule has 0 bridgehead atoms. The number of hydrogen-bond acceptors (Lipinski definition) is 4. The minimum absolute atomic E-state index is 0.215. The standard InChI is InChI=1S/C20H25FN2O3S/c1-26-19-8-10-20(11-9-19)27(24,25)23-15-13-22(14-16-23)12-2-3-17-4-6-18(21)7-5-17/h4-11H,2-3,12-16H2,1H3. The number of methoxy groups -OCH3 is 1. The largest absolute Gasteiger partial charge is 0.497 e. The number of ether oxygens (including phenoxy) is 1. The molecule has 2 aromatic rings. The second kappa shape index (κ2) is 8.82. The Balaban J connectivity index is 1.48. The molecule has 3 rings (SSSR count). The van der Waals surface area contributed by atoms with Crippen molar-refractivity contribution in [2.45, 2.75) is 17.7 Å². The van der Waals surface area contributed by atoms with Crippen LogP contribution in [-0.4, -0.2) is 57.5 Å². The minimum atomic E-state index is -3.46. The molecular formula is C20H25FN2O3S. The van der Waals surface area contributed by atoms with Gasteiger partial charge in [0.15, 0.2) is 0 Å². The number of benzene rings is 2. The molecule has 0 spiro atoms. The van der Waals surface area contributed by atoms with Gasteiger partial charge in [0.2, 0.25) is 10.0 Å². The molecule has 27 heavy (non-hydrogen) atoms. The molecule has 0 atom stereocenters. The van der Waals surface area contributed by atoms with Gasteiger partial charge in [0, 0.05) is 26.2 Å². The summed E-state index contributed by atoms with van der Waals surface area (Å²) in [6.07, 6.45) is 1.86. The van der Waals surface area contributed by atoms with Crippen LogP contribution in [0.25, 0.3) is 0 Å². The SMILES string of the molecule is COc1ccc(S(=O)(=O)N2CCN(CCCc3ccc(F)cc3)CC2)cc1. The molecule has 1 saturated heterocycles. The zero-order valence-electron chi connectivity index (χ0n) is 15.5. The third-order valence-electron chi connectivity index (χ3n) is 4.88. The predicted octanol–water partition coefficient (Wildman–Crippen LogP) is 2.77. The van der Waals surface area contributed by atoms with Crippen LogP contribution in [0.1, 0.15) is 12.0 Å². The Labute approximate surface area is 160 Å². The number of nitrogens with zero attached hydrogens (tertiary/aromatic N) is 2. The van der Waals surface area contributed by atoms with Crippen molar-refractivity contribution in [3.05, 3.63) is 59.9 Å². The van der Waals surface area contributed by atoms with E-state index in [-0.39, 0.29) is 5.82 Å². The number of halogens is 1. The van der Waals surface area contributed by atoms with E-state index >= 15 is 0 Å². The molecule has 0 radical (unpaired) electrons. The second-order valence-corrected chi connectivity index (χ2v) is 8.59. The molecule has 1 aliphatic heterocycles. The van der Waals surface area contributed by atoms with Crippen LogP contribution >= 0.6 is 0 Å². The van der Waals surface area contributed by atoms with Crippen LogP contribution in [-0.2, 0) is 16.4 Å². The van der Waals surface area contributed by atoms with Crippen molar-refractivity contribution in [1.29, 1.82) is 0 Å². The summed E-state index contributed by atoms with van der Waals surface area (Å²) in [6, 6.07) is 13.1. The zero-order valence-corrected chi connectivity index (χ0v) is 16.3. The molecule has 1 heterocycles. The number of sulfonamides is 1. The van der Waals surface area contributed by atoms with Gasteiger partial charge < -0.3 is 9.64 Å². The molecule has 0 aliphatic carbocycles. The number of hydrogen-bond donors (Lipinski definition) is 0. The molecule has 0 aromatic heterocycles. The fraction of sp³-hybridized carbons (Fsp3) is 0.400. The van der Waals surface area contributed by atoms with E-state index in [4.69, 9.17) is 4.74 Å². The first-order chi connectivity index (χ1) is 13.0. The summed E-state index contributed by atoms with van der Waals surface area (Å²) in [5.74, 6) is 0.424. The van der Waals surface area contributed by atoms with Gasteiger partial charge in [0.1, 0.15) is 11.6 Å². The molecule has 2 aromatic carbocycles. The molecule has 0 amide bonds. The number of rotatable bonds is 7. The highest BCUT2D eigenvalue weighted by atomic mass is 32.2. The van der Waals surface area contributed by atoms with E-state index in [1.54, 1.807) is 35.7 Å². The maximum Gasteiger partial charge on any atom is 0.243 e. The van der Waals surface area contributed by atoms with E-state index in [9.17, 15) is 12.8 Å². The van der Waals surface area contributed by atoms with Crippen molar-refractivity contribution in [3.63, 3.8) is 0 Å². The molecule has 5 nitrogen and oxygen atoms in total. The van der Waals surface area contributed by atoms with E-state index in [0.717, 1.165) is 38.0 Å². The summed E-state index contributed by atoms with van der Waals surface area (Å²) < 4.78 is 45.1. The molecule has 1 fully saturated rings. The normalized spacial score (nSPS) is 16.4. The van der Waals surface area contributed by atoms with Gasteiger partial charge in [0.05, 0.1) is 12.0 Å². The van der Waals surface area contributed by atoms with Crippen molar-refractivity contribution < 1.29 is 17.5 Å². The molecular weight excluding hydrogens is 367 g/mol. The first-order valence-corrected chi connectivity index (χ1v) is 10.5. The fourth-order valence-electron chi connectivity index (χ4n) is 3.25. The summed E-state index contributed by atoms with van der Waals surface area (Å²) in [5, 5.41) is 0. The first-order valence-electron chi connectivity index (χ1n) is 9.10. The van der Waals surface area contributed by atoms with Gasteiger partial charge in [-0.1, -0.05) is 12.1 Å². The van der Waals surface area contributed by atoms with Gasteiger partial charge in [-0.05, 0) is 61.3 Å². The van der Waals surface area contributed by atoms with Gasteiger partial charge in [-0.3, -0.25) is 0 Å². The van der Waals surface area contributed by atoms with Crippen LogP contribution in [0.4, 0.5) is 4.39 Å². The monoisotopic (exact) mass is 392 g/mol. The summed E-state index contributed by atoms with van der Waals surface area (Å²) in [5.41, 5.74) is 1.12. The van der Waals surface area contributed by atoms with E-state index < -0.39 is 10.0 Å². The average molecular weight is 392 g/mol. The van der Waals surface area contributed by atoms with Gasteiger partial charge >= 0.3 is 0 Å². The van der Waals surface area contributed by atoms with E-state index in [0.29, 0.717) is 23.7 Å². The Morgan fingerprint density at radius 2 is 1.59 bits per heavy atom. The highest BCUT2D eigenvalue weighted by Crippen LogP contribution is 2.20. The lowest BCUT2D eigenvalue weighted by Crippen LogP contribution is -2.48. The Morgan fingerprint density at radius 3 is 2.19 bits per heavy atom. The third kappa shape index (κ3) is 5.06. The summed E-state index contributed by atoms with van der Waals surface area (Å²) >= 11 is 0. The first kappa shape index (κ1) is 19.8. The average Bonchev–Trinajstić information content (AvgIpc) is 2.70. The lowest BCUT2D eigenvalue weighted by atomic mass is 10.1. The molecule has 0 N–H and O–H groups in total. The molecule has 1 aliphatic rings.